The molecule has 3 rings (SSSR count). The second kappa shape index (κ2) is 6.09. The van der Waals surface area contributed by atoms with Crippen LogP contribution in [0.2, 0.25) is 0 Å². The minimum atomic E-state index is -3.63. The monoisotopic (exact) mass is 335 g/mol. The first-order valence-electron chi connectivity index (χ1n) is 7.83. The van der Waals surface area contributed by atoms with Gasteiger partial charge in [0.2, 0.25) is 10.0 Å². The molecule has 1 aromatic rings. The van der Waals surface area contributed by atoms with E-state index in [4.69, 9.17) is 4.74 Å². The lowest BCUT2D eigenvalue weighted by atomic mass is 10.00. The van der Waals surface area contributed by atoms with E-state index in [-0.39, 0.29) is 10.9 Å². The topological polar surface area (TPSA) is 63.7 Å². The Kier molecular flexibility index (Phi) is 4.29. The van der Waals surface area contributed by atoms with Gasteiger partial charge >= 0.3 is 5.97 Å². The highest BCUT2D eigenvalue weighted by Crippen LogP contribution is 2.39. The summed E-state index contributed by atoms with van der Waals surface area (Å²) < 4.78 is 32.6. The highest BCUT2D eigenvalue weighted by molar-refractivity contribution is 7.89. The van der Waals surface area contributed by atoms with Crippen LogP contribution in [0.25, 0.3) is 0 Å². The number of sulfonamides is 1. The maximum atomic E-state index is 13.1. The number of methoxy groups -OCH3 is 1. The van der Waals surface area contributed by atoms with Crippen LogP contribution in [0.1, 0.15) is 31.2 Å². The predicted octanol–water partition coefficient (Wildman–Crippen LogP) is 2.41. The van der Waals surface area contributed by atoms with Crippen LogP contribution in [0.15, 0.2) is 40.8 Å². The van der Waals surface area contributed by atoms with Gasteiger partial charge in [0.1, 0.15) is 0 Å². The van der Waals surface area contributed by atoms with E-state index < -0.39 is 22.0 Å². The molecular weight excluding hydrogens is 314 g/mol. The fourth-order valence-electron chi connectivity index (χ4n) is 3.52. The average molecular weight is 335 g/mol. The molecule has 0 amide bonds. The quantitative estimate of drug-likeness (QED) is 0.796. The Morgan fingerprint density at radius 2 is 1.87 bits per heavy atom. The summed E-state index contributed by atoms with van der Waals surface area (Å²) in [5.74, 6) is -0.429. The Hall–Kier alpha value is -1.66. The molecule has 2 atom stereocenters. The van der Waals surface area contributed by atoms with Gasteiger partial charge in [0.25, 0.3) is 0 Å². The maximum Gasteiger partial charge on any atom is 0.335 e. The number of carbonyl (C=O) groups excluding carboxylic acids is 1. The number of ether oxygens (including phenoxy) is 1. The number of benzene rings is 1. The van der Waals surface area contributed by atoms with Crippen molar-refractivity contribution in [2.45, 2.75) is 49.6 Å². The summed E-state index contributed by atoms with van der Waals surface area (Å²) in [6, 6.07) is 6.39. The first-order valence-corrected chi connectivity index (χ1v) is 9.27. The number of rotatable bonds is 3. The molecular formula is C17H21NO4S. The molecule has 0 N–H and O–H groups in total. The molecule has 124 valence electrons. The number of esters is 1. The molecule has 2 bridgehead atoms. The van der Waals surface area contributed by atoms with Crippen LogP contribution in [0.5, 0.6) is 0 Å². The first-order chi connectivity index (χ1) is 10.9. The van der Waals surface area contributed by atoms with Crippen LogP contribution in [0.4, 0.5) is 0 Å². The standard InChI is InChI=1S/C17H21NO4S/c1-12-6-9-14(10-7-12)23(20,21)18-13-4-3-5-15(17(19)22-2)16(18)11-8-13/h5-7,9-10,13,16H,3-4,8,11H2,1-2H3/t13-,16-/m1/s1. The zero-order valence-corrected chi connectivity index (χ0v) is 14.2. The number of fused-ring (bicyclic) bond motifs is 2. The van der Waals surface area contributed by atoms with Crippen molar-refractivity contribution >= 4 is 16.0 Å². The van der Waals surface area contributed by atoms with E-state index in [9.17, 15) is 13.2 Å². The Balaban J connectivity index is 2.02. The van der Waals surface area contributed by atoms with Crippen LogP contribution in [-0.2, 0) is 19.6 Å². The number of hydrogen-bond acceptors (Lipinski definition) is 4. The molecule has 1 aromatic carbocycles. The number of hydrogen-bond donors (Lipinski definition) is 0. The number of allylic oxidation sites excluding steroid dienone is 1. The third-order valence-corrected chi connectivity index (χ3v) is 6.66. The van der Waals surface area contributed by atoms with Crippen LogP contribution >= 0.6 is 0 Å². The van der Waals surface area contributed by atoms with Crippen molar-refractivity contribution in [2.24, 2.45) is 0 Å². The Labute approximate surface area is 137 Å². The fourth-order valence-corrected chi connectivity index (χ4v) is 5.40. The van der Waals surface area contributed by atoms with Gasteiger partial charge in [-0.1, -0.05) is 23.8 Å². The maximum absolute atomic E-state index is 13.1. The lowest BCUT2D eigenvalue weighted by Crippen LogP contribution is -2.42. The number of aryl methyl sites for hydroxylation is 1. The molecule has 0 aromatic heterocycles. The molecule has 2 heterocycles. The Morgan fingerprint density at radius 1 is 1.17 bits per heavy atom. The molecule has 2 aliphatic rings. The van der Waals surface area contributed by atoms with Gasteiger partial charge in [-0.25, -0.2) is 13.2 Å². The van der Waals surface area contributed by atoms with E-state index >= 15 is 0 Å². The number of nitrogens with zero attached hydrogens (tertiary/aromatic N) is 1. The number of carbonyl (C=O) groups is 1. The highest BCUT2D eigenvalue weighted by atomic mass is 32.2. The molecule has 23 heavy (non-hydrogen) atoms. The van der Waals surface area contributed by atoms with Crippen molar-refractivity contribution in [3.63, 3.8) is 0 Å². The van der Waals surface area contributed by atoms with Crippen molar-refractivity contribution in [3.05, 3.63) is 41.5 Å². The highest BCUT2D eigenvalue weighted by Gasteiger charge is 2.46. The van der Waals surface area contributed by atoms with E-state index in [1.54, 1.807) is 24.3 Å². The summed E-state index contributed by atoms with van der Waals surface area (Å²) >= 11 is 0. The van der Waals surface area contributed by atoms with Crippen molar-refractivity contribution in [2.75, 3.05) is 7.11 Å². The Morgan fingerprint density at radius 3 is 2.52 bits per heavy atom. The fraction of sp³-hybridized carbons (Fsp3) is 0.471. The lowest BCUT2D eigenvalue weighted by Gasteiger charge is -2.28. The van der Waals surface area contributed by atoms with Crippen molar-refractivity contribution in [1.29, 1.82) is 0 Å². The SMILES string of the molecule is COC(=O)C1=CCC[C@@H]2CC[C@H]1N2S(=O)(=O)c1ccc(C)cc1. The van der Waals surface area contributed by atoms with Gasteiger partial charge in [0.05, 0.1) is 23.6 Å². The van der Waals surface area contributed by atoms with E-state index in [1.165, 1.54) is 11.4 Å². The van der Waals surface area contributed by atoms with Gasteiger partial charge in [-0.05, 0) is 44.7 Å². The minimum absolute atomic E-state index is 0.0512. The molecule has 0 aliphatic carbocycles. The van der Waals surface area contributed by atoms with E-state index in [0.29, 0.717) is 18.4 Å². The summed E-state index contributed by atoms with van der Waals surface area (Å²) in [6.07, 6.45) is 4.72. The normalized spacial score (nSPS) is 24.9. The average Bonchev–Trinajstić information content (AvgIpc) is 2.84. The molecule has 1 saturated heterocycles. The zero-order valence-electron chi connectivity index (χ0n) is 13.4. The first kappa shape index (κ1) is 16.2. The van der Waals surface area contributed by atoms with Crippen LogP contribution in [0, 0.1) is 6.92 Å². The predicted molar refractivity (Wildman–Crippen MR) is 86.3 cm³/mol. The Bertz CT molecular complexity index is 736. The van der Waals surface area contributed by atoms with E-state index in [1.807, 2.05) is 13.0 Å². The minimum Gasteiger partial charge on any atom is -0.466 e. The molecule has 5 nitrogen and oxygen atoms in total. The van der Waals surface area contributed by atoms with Gasteiger partial charge in [-0.2, -0.15) is 4.31 Å². The molecule has 0 saturated carbocycles. The van der Waals surface area contributed by atoms with Crippen molar-refractivity contribution in [3.8, 4) is 0 Å². The molecule has 0 radical (unpaired) electrons. The summed E-state index contributed by atoms with van der Waals surface area (Å²) in [5, 5.41) is 0. The largest absolute Gasteiger partial charge is 0.466 e. The lowest BCUT2D eigenvalue weighted by molar-refractivity contribution is -0.136. The summed E-state index contributed by atoms with van der Waals surface area (Å²) in [6.45, 7) is 1.92. The van der Waals surface area contributed by atoms with Crippen LogP contribution in [-0.4, -0.2) is 37.9 Å². The van der Waals surface area contributed by atoms with Crippen molar-refractivity contribution < 1.29 is 17.9 Å². The molecule has 0 spiro atoms. The zero-order chi connectivity index (χ0) is 16.6. The van der Waals surface area contributed by atoms with E-state index in [0.717, 1.165) is 18.4 Å². The molecule has 1 fully saturated rings. The molecule has 2 aliphatic heterocycles. The van der Waals surface area contributed by atoms with Crippen LogP contribution in [0.3, 0.4) is 0 Å². The second-order valence-electron chi connectivity index (χ2n) is 6.12. The van der Waals surface area contributed by atoms with Gasteiger partial charge in [-0.3, -0.25) is 0 Å². The summed E-state index contributed by atoms with van der Waals surface area (Å²) in [5.41, 5.74) is 1.49. The third-order valence-electron chi connectivity index (χ3n) is 4.68. The summed E-state index contributed by atoms with van der Waals surface area (Å²) in [4.78, 5) is 12.3. The smallest absolute Gasteiger partial charge is 0.335 e. The van der Waals surface area contributed by atoms with Gasteiger partial charge < -0.3 is 4.74 Å². The van der Waals surface area contributed by atoms with Gasteiger partial charge in [0.15, 0.2) is 0 Å². The van der Waals surface area contributed by atoms with Gasteiger partial charge in [-0.15, -0.1) is 0 Å². The van der Waals surface area contributed by atoms with E-state index in [2.05, 4.69) is 0 Å². The van der Waals surface area contributed by atoms with Crippen molar-refractivity contribution in [1.82, 2.24) is 4.31 Å². The molecule has 6 heteroatoms. The summed E-state index contributed by atoms with van der Waals surface area (Å²) in [7, 11) is -2.30. The third kappa shape index (κ3) is 2.81. The van der Waals surface area contributed by atoms with Gasteiger partial charge in [0, 0.05) is 6.04 Å². The second-order valence-corrected chi connectivity index (χ2v) is 7.97. The molecule has 0 unspecified atom stereocenters. The van der Waals surface area contributed by atoms with Crippen LogP contribution < -0.4 is 0 Å².